The molecule has 1 aromatic rings. The summed E-state index contributed by atoms with van der Waals surface area (Å²) in [7, 11) is 0. The fraction of sp³-hybridized carbons (Fsp3) is 0.250. The summed E-state index contributed by atoms with van der Waals surface area (Å²) in [6, 6.07) is 0.366. The third kappa shape index (κ3) is 2.58. The van der Waals surface area contributed by atoms with Crippen LogP contribution in [0.3, 0.4) is 0 Å². The first-order valence-electron chi connectivity index (χ1n) is 3.80. The molecule has 0 fully saturated rings. The van der Waals surface area contributed by atoms with E-state index in [0.29, 0.717) is 6.07 Å². The Hall–Kier alpha value is -1.79. The Balaban J connectivity index is 3.21. The van der Waals surface area contributed by atoms with Gasteiger partial charge in [0, 0.05) is 6.07 Å². The minimum Gasteiger partial charge on any atom is -0.506 e. The number of carboxylic acids is 1. The van der Waals surface area contributed by atoms with Crippen LogP contribution in [0.15, 0.2) is 6.07 Å². The predicted molar refractivity (Wildman–Crippen MR) is 42.2 cm³/mol. The lowest BCUT2D eigenvalue weighted by molar-refractivity contribution is -0.136. The zero-order valence-electron chi connectivity index (χ0n) is 7.25. The molecule has 1 rings (SSSR count). The molecule has 0 saturated carbocycles. The quantitative estimate of drug-likeness (QED) is 0.758. The van der Waals surface area contributed by atoms with Gasteiger partial charge in [-0.1, -0.05) is 0 Å². The molecule has 0 saturated heterocycles. The first-order chi connectivity index (χ1) is 6.91. The van der Waals surface area contributed by atoms with E-state index in [4.69, 9.17) is 10.2 Å². The van der Waals surface area contributed by atoms with Crippen LogP contribution < -0.4 is 0 Å². The number of hydrogen-bond acceptors (Lipinski definition) is 3. The maximum absolute atomic E-state index is 12.7. The summed E-state index contributed by atoms with van der Waals surface area (Å²) < 4.78 is 37.1. The number of nitrogens with zero attached hydrogens (tertiary/aromatic N) is 1. The van der Waals surface area contributed by atoms with Gasteiger partial charge >= 0.3 is 5.97 Å². The summed E-state index contributed by atoms with van der Waals surface area (Å²) in [6.45, 7) is 0. The smallest absolute Gasteiger partial charge is 0.309 e. The van der Waals surface area contributed by atoms with Crippen molar-refractivity contribution in [3.05, 3.63) is 23.3 Å². The Morgan fingerprint density at radius 3 is 2.60 bits per heavy atom. The van der Waals surface area contributed by atoms with E-state index in [-0.39, 0.29) is 0 Å². The maximum atomic E-state index is 12.7. The Kier molecular flexibility index (Phi) is 3.13. The van der Waals surface area contributed by atoms with Crippen LogP contribution in [0.1, 0.15) is 17.7 Å². The highest BCUT2D eigenvalue weighted by atomic mass is 19.3. The number of rotatable bonds is 3. The number of pyridine rings is 1. The molecule has 0 aliphatic rings. The standard InChI is InChI=1S/C8H6F3NO3/c9-5-1-3(8(10)11)7(15)4(12-5)2-6(13)14/h1,8,15H,2H2,(H,13,14). The highest BCUT2D eigenvalue weighted by molar-refractivity contribution is 5.70. The number of aromatic hydroxyl groups is 1. The second-order valence-electron chi connectivity index (χ2n) is 2.70. The van der Waals surface area contributed by atoms with Gasteiger partial charge in [0.2, 0.25) is 5.95 Å². The number of alkyl halides is 2. The zero-order chi connectivity index (χ0) is 11.6. The Bertz CT molecular complexity index is 395. The van der Waals surface area contributed by atoms with Gasteiger partial charge in [-0.2, -0.15) is 4.39 Å². The molecule has 82 valence electrons. The van der Waals surface area contributed by atoms with Crippen LogP contribution in [0.2, 0.25) is 0 Å². The first-order valence-corrected chi connectivity index (χ1v) is 3.80. The summed E-state index contributed by atoms with van der Waals surface area (Å²) in [6.07, 6.45) is -3.90. The number of carbonyl (C=O) groups is 1. The fourth-order valence-electron chi connectivity index (χ4n) is 1.01. The minimum atomic E-state index is -3.09. The van der Waals surface area contributed by atoms with Crippen LogP contribution >= 0.6 is 0 Å². The van der Waals surface area contributed by atoms with Crippen molar-refractivity contribution in [3.63, 3.8) is 0 Å². The van der Waals surface area contributed by atoms with Gasteiger partial charge in [-0.05, 0) is 0 Å². The third-order valence-corrected chi connectivity index (χ3v) is 1.62. The molecule has 15 heavy (non-hydrogen) atoms. The molecule has 0 bridgehead atoms. The molecule has 4 nitrogen and oxygen atoms in total. The second kappa shape index (κ2) is 4.16. The molecule has 1 aromatic heterocycles. The minimum absolute atomic E-state index is 0.366. The summed E-state index contributed by atoms with van der Waals surface area (Å²) in [5, 5.41) is 17.5. The van der Waals surface area contributed by atoms with Crippen LogP contribution in [0.25, 0.3) is 0 Å². The van der Waals surface area contributed by atoms with Gasteiger partial charge in [-0.3, -0.25) is 4.79 Å². The number of aromatic nitrogens is 1. The van der Waals surface area contributed by atoms with Crippen LogP contribution in [0, 0.1) is 5.95 Å². The number of aliphatic carboxylic acids is 1. The van der Waals surface area contributed by atoms with E-state index in [9.17, 15) is 18.0 Å². The molecule has 0 aromatic carbocycles. The van der Waals surface area contributed by atoms with Gasteiger partial charge in [0.1, 0.15) is 5.75 Å². The highest BCUT2D eigenvalue weighted by Crippen LogP contribution is 2.30. The highest BCUT2D eigenvalue weighted by Gasteiger charge is 2.20. The average molecular weight is 221 g/mol. The van der Waals surface area contributed by atoms with Gasteiger partial charge in [-0.15, -0.1) is 0 Å². The fourth-order valence-corrected chi connectivity index (χ4v) is 1.01. The molecule has 0 aliphatic heterocycles. The van der Waals surface area contributed by atoms with Crippen LogP contribution in [-0.4, -0.2) is 21.2 Å². The summed E-state index contributed by atoms with van der Waals surface area (Å²) in [5.74, 6) is -3.63. The molecular formula is C8H6F3NO3. The number of hydrogen-bond donors (Lipinski definition) is 2. The largest absolute Gasteiger partial charge is 0.506 e. The average Bonchev–Trinajstić information content (AvgIpc) is 2.09. The van der Waals surface area contributed by atoms with Crippen molar-refractivity contribution in [3.8, 4) is 5.75 Å². The van der Waals surface area contributed by atoms with Gasteiger partial charge in [0.05, 0.1) is 17.7 Å². The van der Waals surface area contributed by atoms with Crippen molar-refractivity contribution in [1.29, 1.82) is 0 Å². The molecule has 0 amide bonds. The lowest BCUT2D eigenvalue weighted by Gasteiger charge is -2.06. The van der Waals surface area contributed by atoms with Crippen LogP contribution in [0.4, 0.5) is 13.2 Å². The van der Waals surface area contributed by atoms with E-state index in [0.717, 1.165) is 0 Å². The molecule has 1 heterocycles. The Morgan fingerprint density at radius 1 is 1.53 bits per heavy atom. The molecule has 0 aliphatic carbocycles. The van der Waals surface area contributed by atoms with E-state index < -0.39 is 41.8 Å². The molecule has 0 unspecified atom stereocenters. The van der Waals surface area contributed by atoms with Gasteiger partial charge in [0.25, 0.3) is 6.43 Å². The monoisotopic (exact) mass is 221 g/mol. The zero-order valence-corrected chi connectivity index (χ0v) is 7.25. The Morgan fingerprint density at radius 2 is 2.13 bits per heavy atom. The molecule has 0 radical (unpaired) electrons. The molecule has 2 N–H and O–H groups in total. The van der Waals surface area contributed by atoms with Gasteiger partial charge in [0.15, 0.2) is 0 Å². The topological polar surface area (TPSA) is 70.4 Å². The molecule has 7 heteroatoms. The van der Waals surface area contributed by atoms with E-state index in [1.807, 2.05) is 0 Å². The SMILES string of the molecule is O=C(O)Cc1nc(F)cc(C(F)F)c1O. The third-order valence-electron chi connectivity index (χ3n) is 1.62. The van der Waals surface area contributed by atoms with Crippen molar-refractivity contribution in [2.45, 2.75) is 12.8 Å². The second-order valence-corrected chi connectivity index (χ2v) is 2.70. The van der Waals surface area contributed by atoms with Gasteiger partial charge in [-0.25, -0.2) is 13.8 Å². The summed E-state index contributed by atoms with van der Waals surface area (Å²) in [5.41, 5.74) is -1.57. The van der Waals surface area contributed by atoms with E-state index in [2.05, 4.69) is 4.98 Å². The van der Waals surface area contributed by atoms with Crippen LogP contribution in [-0.2, 0) is 11.2 Å². The van der Waals surface area contributed by atoms with Crippen molar-refractivity contribution in [2.24, 2.45) is 0 Å². The molecule has 0 atom stereocenters. The lowest BCUT2D eigenvalue weighted by Crippen LogP contribution is -2.05. The maximum Gasteiger partial charge on any atom is 0.309 e. The van der Waals surface area contributed by atoms with E-state index in [1.54, 1.807) is 0 Å². The van der Waals surface area contributed by atoms with Crippen molar-refractivity contribution in [2.75, 3.05) is 0 Å². The van der Waals surface area contributed by atoms with E-state index >= 15 is 0 Å². The van der Waals surface area contributed by atoms with Crippen molar-refractivity contribution in [1.82, 2.24) is 4.98 Å². The summed E-state index contributed by atoms with van der Waals surface area (Å²) >= 11 is 0. The first kappa shape index (κ1) is 11.3. The number of carboxylic acid groups (broad SMARTS) is 1. The lowest BCUT2D eigenvalue weighted by atomic mass is 10.1. The predicted octanol–water partition coefficient (Wildman–Crippen LogP) is 1.49. The van der Waals surface area contributed by atoms with Gasteiger partial charge < -0.3 is 10.2 Å². The Labute approximate surface area is 82.0 Å². The van der Waals surface area contributed by atoms with Crippen molar-refractivity contribution >= 4 is 5.97 Å². The van der Waals surface area contributed by atoms with Crippen molar-refractivity contribution < 1.29 is 28.2 Å². The summed E-state index contributed by atoms with van der Waals surface area (Å²) in [4.78, 5) is 13.3. The normalized spacial score (nSPS) is 10.7. The number of halogens is 3. The van der Waals surface area contributed by atoms with Crippen LogP contribution in [0.5, 0.6) is 5.75 Å². The molecule has 0 spiro atoms. The van der Waals surface area contributed by atoms with E-state index in [1.165, 1.54) is 0 Å². The molecular weight excluding hydrogens is 215 g/mol.